The molecular weight excluding hydrogens is 272 g/mol. The molecule has 0 bridgehead atoms. The molecule has 2 aromatic heterocycles. The SMILES string of the molecule is Cc1cc(N2CCCC(n3cccn3)C2)c2ccccc2n1. The van der Waals surface area contributed by atoms with Gasteiger partial charge in [0, 0.05) is 42.3 Å². The van der Waals surface area contributed by atoms with Gasteiger partial charge in [-0.1, -0.05) is 18.2 Å². The highest BCUT2D eigenvalue weighted by Gasteiger charge is 2.23. The molecule has 1 aliphatic heterocycles. The predicted octanol–water partition coefficient (Wildman–Crippen LogP) is 3.58. The van der Waals surface area contributed by atoms with Crippen molar-refractivity contribution in [1.82, 2.24) is 14.8 Å². The van der Waals surface area contributed by atoms with Crippen LogP contribution in [0, 0.1) is 6.92 Å². The molecule has 112 valence electrons. The summed E-state index contributed by atoms with van der Waals surface area (Å²) in [5.41, 5.74) is 3.47. The number of fused-ring (bicyclic) bond motifs is 1. The molecule has 3 heterocycles. The van der Waals surface area contributed by atoms with E-state index in [9.17, 15) is 0 Å². The Labute approximate surface area is 130 Å². The standard InChI is InChI=1S/C18H20N4/c1-14-12-18(16-7-2-3-8-17(16)20-14)21-10-4-6-15(13-21)22-11-5-9-19-22/h2-3,5,7-9,11-12,15H,4,6,10,13H2,1H3. The van der Waals surface area contributed by atoms with E-state index in [1.54, 1.807) is 0 Å². The fourth-order valence-electron chi connectivity index (χ4n) is 3.43. The van der Waals surface area contributed by atoms with Gasteiger partial charge in [0.2, 0.25) is 0 Å². The molecule has 4 nitrogen and oxygen atoms in total. The third kappa shape index (κ3) is 2.34. The minimum Gasteiger partial charge on any atom is -0.369 e. The van der Waals surface area contributed by atoms with Crippen molar-refractivity contribution < 1.29 is 0 Å². The summed E-state index contributed by atoms with van der Waals surface area (Å²) < 4.78 is 2.10. The molecule has 4 rings (SSSR count). The molecule has 1 atom stereocenters. The van der Waals surface area contributed by atoms with Crippen molar-refractivity contribution in [3.63, 3.8) is 0 Å². The van der Waals surface area contributed by atoms with Gasteiger partial charge in [-0.15, -0.1) is 0 Å². The third-order valence-electron chi connectivity index (χ3n) is 4.46. The number of hydrogen-bond donors (Lipinski definition) is 0. The van der Waals surface area contributed by atoms with Crippen LogP contribution in [0.15, 0.2) is 48.8 Å². The lowest BCUT2D eigenvalue weighted by atomic mass is 10.0. The number of aryl methyl sites for hydroxylation is 1. The Hall–Kier alpha value is -2.36. The summed E-state index contributed by atoms with van der Waals surface area (Å²) in [5, 5.41) is 5.67. The van der Waals surface area contributed by atoms with Gasteiger partial charge in [0.05, 0.1) is 11.6 Å². The first kappa shape index (κ1) is 13.3. The van der Waals surface area contributed by atoms with Crippen LogP contribution in [0.5, 0.6) is 0 Å². The molecular formula is C18H20N4. The van der Waals surface area contributed by atoms with E-state index in [0.29, 0.717) is 6.04 Å². The molecule has 22 heavy (non-hydrogen) atoms. The van der Waals surface area contributed by atoms with E-state index in [2.05, 4.69) is 63.1 Å². The summed E-state index contributed by atoms with van der Waals surface area (Å²) in [6.45, 7) is 4.19. The number of anilines is 1. The van der Waals surface area contributed by atoms with Crippen molar-refractivity contribution in [1.29, 1.82) is 0 Å². The smallest absolute Gasteiger partial charge is 0.0726 e. The van der Waals surface area contributed by atoms with Crippen LogP contribution < -0.4 is 4.90 Å². The Morgan fingerprint density at radius 3 is 2.95 bits per heavy atom. The summed E-state index contributed by atoms with van der Waals surface area (Å²) in [7, 11) is 0. The first-order chi connectivity index (χ1) is 10.8. The van der Waals surface area contributed by atoms with Gasteiger partial charge in [-0.25, -0.2) is 0 Å². The molecule has 0 aliphatic carbocycles. The zero-order valence-electron chi connectivity index (χ0n) is 12.8. The van der Waals surface area contributed by atoms with Gasteiger partial charge in [0.25, 0.3) is 0 Å². The Morgan fingerprint density at radius 1 is 1.18 bits per heavy atom. The minimum absolute atomic E-state index is 0.455. The Morgan fingerprint density at radius 2 is 2.09 bits per heavy atom. The van der Waals surface area contributed by atoms with Crippen LogP contribution in [-0.2, 0) is 0 Å². The Bertz CT molecular complexity index is 779. The summed E-state index contributed by atoms with van der Waals surface area (Å²) in [4.78, 5) is 7.15. The number of piperidine rings is 1. The van der Waals surface area contributed by atoms with Crippen molar-refractivity contribution in [2.24, 2.45) is 0 Å². The second kappa shape index (κ2) is 5.44. The number of hydrogen-bond acceptors (Lipinski definition) is 3. The largest absolute Gasteiger partial charge is 0.369 e. The monoisotopic (exact) mass is 292 g/mol. The number of aromatic nitrogens is 3. The molecule has 0 spiro atoms. The quantitative estimate of drug-likeness (QED) is 0.724. The van der Waals surface area contributed by atoms with Crippen LogP contribution in [0.25, 0.3) is 10.9 Å². The Kier molecular flexibility index (Phi) is 3.29. The molecule has 0 amide bonds. The number of benzene rings is 1. The summed E-state index contributed by atoms with van der Waals surface area (Å²) >= 11 is 0. The summed E-state index contributed by atoms with van der Waals surface area (Å²) in [5.74, 6) is 0. The van der Waals surface area contributed by atoms with Gasteiger partial charge in [0.15, 0.2) is 0 Å². The third-order valence-corrected chi connectivity index (χ3v) is 4.46. The van der Waals surface area contributed by atoms with E-state index in [4.69, 9.17) is 0 Å². The van der Waals surface area contributed by atoms with E-state index < -0.39 is 0 Å². The number of rotatable bonds is 2. The van der Waals surface area contributed by atoms with Crippen molar-refractivity contribution in [3.8, 4) is 0 Å². The zero-order valence-corrected chi connectivity index (χ0v) is 12.8. The van der Waals surface area contributed by atoms with Gasteiger partial charge < -0.3 is 4.90 Å². The number of para-hydroxylation sites is 1. The molecule has 0 saturated carbocycles. The van der Waals surface area contributed by atoms with E-state index in [1.807, 2.05) is 12.3 Å². The molecule has 3 aromatic rings. The highest BCUT2D eigenvalue weighted by molar-refractivity contribution is 5.92. The lowest BCUT2D eigenvalue weighted by molar-refractivity contribution is 0.376. The van der Waals surface area contributed by atoms with Crippen LogP contribution in [0.4, 0.5) is 5.69 Å². The molecule has 4 heteroatoms. The van der Waals surface area contributed by atoms with Crippen LogP contribution in [0.1, 0.15) is 24.6 Å². The van der Waals surface area contributed by atoms with Crippen LogP contribution in [-0.4, -0.2) is 27.9 Å². The highest BCUT2D eigenvalue weighted by atomic mass is 15.3. The average Bonchev–Trinajstić information content (AvgIpc) is 3.09. The molecule has 1 aromatic carbocycles. The van der Waals surface area contributed by atoms with Crippen molar-refractivity contribution in [3.05, 3.63) is 54.5 Å². The second-order valence-corrected chi connectivity index (χ2v) is 6.03. The highest BCUT2D eigenvalue weighted by Crippen LogP contribution is 2.31. The van der Waals surface area contributed by atoms with Gasteiger partial charge >= 0.3 is 0 Å². The minimum atomic E-state index is 0.455. The number of pyridine rings is 1. The normalized spacial score (nSPS) is 18.8. The van der Waals surface area contributed by atoms with E-state index in [-0.39, 0.29) is 0 Å². The maximum absolute atomic E-state index is 4.66. The van der Waals surface area contributed by atoms with Crippen LogP contribution in [0.3, 0.4) is 0 Å². The lowest BCUT2D eigenvalue weighted by Crippen LogP contribution is -2.37. The molecule has 1 saturated heterocycles. The van der Waals surface area contributed by atoms with Gasteiger partial charge in [-0.3, -0.25) is 9.67 Å². The molecule has 0 radical (unpaired) electrons. The van der Waals surface area contributed by atoms with Gasteiger partial charge in [-0.2, -0.15) is 5.10 Å². The molecule has 1 fully saturated rings. The van der Waals surface area contributed by atoms with Crippen LogP contribution >= 0.6 is 0 Å². The van der Waals surface area contributed by atoms with Crippen molar-refractivity contribution >= 4 is 16.6 Å². The zero-order chi connectivity index (χ0) is 14.9. The first-order valence-corrected chi connectivity index (χ1v) is 7.92. The summed E-state index contributed by atoms with van der Waals surface area (Å²) in [6.07, 6.45) is 6.33. The predicted molar refractivity (Wildman–Crippen MR) is 89.2 cm³/mol. The van der Waals surface area contributed by atoms with E-state index in [1.165, 1.54) is 23.9 Å². The maximum Gasteiger partial charge on any atom is 0.0726 e. The average molecular weight is 292 g/mol. The summed E-state index contributed by atoms with van der Waals surface area (Å²) in [6, 6.07) is 13.1. The Balaban J connectivity index is 1.72. The first-order valence-electron chi connectivity index (χ1n) is 7.92. The fourth-order valence-corrected chi connectivity index (χ4v) is 3.43. The van der Waals surface area contributed by atoms with E-state index >= 15 is 0 Å². The van der Waals surface area contributed by atoms with Crippen molar-refractivity contribution in [2.75, 3.05) is 18.0 Å². The molecule has 1 unspecified atom stereocenters. The molecule has 0 N–H and O–H groups in total. The second-order valence-electron chi connectivity index (χ2n) is 6.03. The topological polar surface area (TPSA) is 34.0 Å². The number of nitrogens with zero attached hydrogens (tertiary/aromatic N) is 4. The maximum atomic E-state index is 4.66. The van der Waals surface area contributed by atoms with Gasteiger partial charge in [-0.05, 0) is 38.0 Å². The van der Waals surface area contributed by atoms with E-state index in [0.717, 1.165) is 24.3 Å². The van der Waals surface area contributed by atoms with Crippen LogP contribution in [0.2, 0.25) is 0 Å². The van der Waals surface area contributed by atoms with Gasteiger partial charge in [0.1, 0.15) is 0 Å². The fraction of sp³-hybridized carbons (Fsp3) is 0.333. The molecule has 1 aliphatic rings. The van der Waals surface area contributed by atoms with Crippen molar-refractivity contribution in [2.45, 2.75) is 25.8 Å². The lowest BCUT2D eigenvalue weighted by Gasteiger charge is -2.35.